The molecule has 1 unspecified atom stereocenters. The molecule has 2 nitrogen and oxygen atoms in total. The number of hydrogen-bond acceptors (Lipinski definition) is 2. The molecular formula is C14H11ClF2O2. The van der Waals surface area contributed by atoms with Crippen molar-refractivity contribution in [2.24, 2.45) is 0 Å². The number of benzene rings is 2. The molecule has 0 heterocycles. The van der Waals surface area contributed by atoms with Gasteiger partial charge in [-0.25, -0.2) is 0 Å². The molecule has 0 aliphatic heterocycles. The molecule has 0 fully saturated rings. The van der Waals surface area contributed by atoms with E-state index >= 15 is 0 Å². The lowest BCUT2D eigenvalue weighted by molar-refractivity contribution is -0.0499. The Morgan fingerprint density at radius 2 is 1.63 bits per heavy atom. The third-order valence-corrected chi connectivity index (χ3v) is 2.80. The summed E-state index contributed by atoms with van der Waals surface area (Å²) < 4.78 is 28.5. The van der Waals surface area contributed by atoms with Crippen LogP contribution in [0.4, 0.5) is 8.78 Å². The molecule has 0 saturated carbocycles. The molecule has 100 valence electrons. The number of aliphatic hydroxyl groups excluding tert-OH is 1. The van der Waals surface area contributed by atoms with E-state index in [0.717, 1.165) is 0 Å². The van der Waals surface area contributed by atoms with Crippen LogP contribution >= 0.6 is 11.6 Å². The zero-order valence-corrected chi connectivity index (χ0v) is 10.5. The van der Waals surface area contributed by atoms with E-state index in [1.807, 2.05) is 0 Å². The smallest absolute Gasteiger partial charge is 0.387 e. The number of alkyl halides is 2. The van der Waals surface area contributed by atoms with Crippen molar-refractivity contribution < 1.29 is 18.6 Å². The highest BCUT2D eigenvalue weighted by atomic mass is 35.5. The third kappa shape index (κ3) is 3.66. The predicted octanol–water partition coefficient (Wildman–Crippen LogP) is 4.02. The summed E-state index contributed by atoms with van der Waals surface area (Å²) in [6, 6.07) is 12.7. The summed E-state index contributed by atoms with van der Waals surface area (Å²) in [4.78, 5) is 0. The Hall–Kier alpha value is -1.65. The minimum Gasteiger partial charge on any atom is -0.435 e. The quantitative estimate of drug-likeness (QED) is 0.919. The van der Waals surface area contributed by atoms with Crippen LogP contribution < -0.4 is 4.74 Å². The Bertz CT molecular complexity index is 561. The fourth-order valence-electron chi connectivity index (χ4n) is 1.73. The highest BCUT2D eigenvalue weighted by molar-refractivity contribution is 6.30. The predicted molar refractivity (Wildman–Crippen MR) is 68.6 cm³/mol. The maximum atomic E-state index is 12.1. The van der Waals surface area contributed by atoms with Crippen molar-refractivity contribution in [3.63, 3.8) is 0 Å². The summed E-state index contributed by atoms with van der Waals surface area (Å²) in [6.07, 6.45) is -0.945. The van der Waals surface area contributed by atoms with Crippen molar-refractivity contribution in [1.29, 1.82) is 0 Å². The van der Waals surface area contributed by atoms with Gasteiger partial charge in [0.05, 0.1) is 0 Å². The van der Waals surface area contributed by atoms with Gasteiger partial charge in [-0.15, -0.1) is 0 Å². The minimum atomic E-state index is -2.89. The zero-order chi connectivity index (χ0) is 13.8. The molecule has 0 radical (unpaired) electrons. The summed E-state index contributed by atoms with van der Waals surface area (Å²) in [5.74, 6) is 0.00794. The molecule has 2 rings (SSSR count). The second-order valence-corrected chi connectivity index (χ2v) is 4.34. The molecule has 0 saturated heterocycles. The standard InChI is InChI=1S/C14H11ClF2O2/c15-11-5-1-3-9(7-11)13(18)10-4-2-6-12(8-10)19-14(16)17/h1-8,13-14,18H. The average Bonchev–Trinajstić information content (AvgIpc) is 2.37. The van der Waals surface area contributed by atoms with Crippen molar-refractivity contribution in [2.75, 3.05) is 0 Å². The molecule has 0 spiro atoms. The molecule has 1 N–H and O–H groups in total. The van der Waals surface area contributed by atoms with Crippen LogP contribution in [0.15, 0.2) is 48.5 Å². The number of aliphatic hydroxyl groups is 1. The van der Waals surface area contributed by atoms with E-state index in [1.54, 1.807) is 36.4 Å². The zero-order valence-electron chi connectivity index (χ0n) is 9.76. The maximum Gasteiger partial charge on any atom is 0.387 e. The van der Waals surface area contributed by atoms with Gasteiger partial charge in [-0.05, 0) is 35.4 Å². The topological polar surface area (TPSA) is 29.5 Å². The van der Waals surface area contributed by atoms with Gasteiger partial charge in [0, 0.05) is 5.02 Å². The van der Waals surface area contributed by atoms with Gasteiger partial charge in [-0.3, -0.25) is 0 Å². The van der Waals surface area contributed by atoms with Gasteiger partial charge in [0.2, 0.25) is 0 Å². The molecule has 2 aromatic rings. The van der Waals surface area contributed by atoms with Gasteiger partial charge in [0.25, 0.3) is 0 Å². The highest BCUT2D eigenvalue weighted by Gasteiger charge is 2.12. The Morgan fingerprint density at radius 3 is 2.26 bits per heavy atom. The van der Waals surface area contributed by atoms with Gasteiger partial charge >= 0.3 is 6.61 Å². The number of rotatable bonds is 4. The molecule has 19 heavy (non-hydrogen) atoms. The molecule has 2 aromatic carbocycles. The Balaban J connectivity index is 2.26. The van der Waals surface area contributed by atoms with Crippen LogP contribution in [-0.2, 0) is 0 Å². The first-order chi connectivity index (χ1) is 9.06. The van der Waals surface area contributed by atoms with Crippen LogP contribution in [0.1, 0.15) is 17.2 Å². The molecule has 0 bridgehead atoms. The number of hydrogen-bond donors (Lipinski definition) is 1. The SMILES string of the molecule is OC(c1cccc(Cl)c1)c1cccc(OC(F)F)c1. The monoisotopic (exact) mass is 284 g/mol. The first-order valence-corrected chi connectivity index (χ1v) is 5.92. The van der Waals surface area contributed by atoms with Gasteiger partial charge in [-0.1, -0.05) is 35.9 Å². The van der Waals surface area contributed by atoms with E-state index in [0.29, 0.717) is 16.1 Å². The molecule has 5 heteroatoms. The fraction of sp³-hybridized carbons (Fsp3) is 0.143. The summed E-state index contributed by atoms with van der Waals surface area (Å²) in [5.41, 5.74) is 1.04. The first-order valence-electron chi connectivity index (χ1n) is 5.54. The lowest BCUT2D eigenvalue weighted by atomic mass is 10.0. The fourth-order valence-corrected chi connectivity index (χ4v) is 1.93. The van der Waals surface area contributed by atoms with E-state index in [9.17, 15) is 13.9 Å². The van der Waals surface area contributed by atoms with Crippen molar-refractivity contribution in [3.05, 3.63) is 64.7 Å². The van der Waals surface area contributed by atoms with E-state index in [4.69, 9.17) is 11.6 Å². The third-order valence-electron chi connectivity index (χ3n) is 2.56. The van der Waals surface area contributed by atoms with E-state index in [-0.39, 0.29) is 5.75 Å². The van der Waals surface area contributed by atoms with Crippen molar-refractivity contribution in [1.82, 2.24) is 0 Å². The largest absolute Gasteiger partial charge is 0.435 e. The summed E-state index contributed by atoms with van der Waals surface area (Å²) in [6.45, 7) is -2.89. The van der Waals surface area contributed by atoms with Gasteiger partial charge in [0.15, 0.2) is 0 Å². The number of halogens is 3. The summed E-state index contributed by atoms with van der Waals surface area (Å²) >= 11 is 5.84. The molecule has 0 aliphatic carbocycles. The van der Waals surface area contributed by atoms with Crippen LogP contribution in [0.5, 0.6) is 5.75 Å². The molecular weight excluding hydrogens is 274 g/mol. The lowest BCUT2D eigenvalue weighted by Crippen LogP contribution is -2.04. The van der Waals surface area contributed by atoms with Crippen molar-refractivity contribution in [2.45, 2.75) is 12.7 Å². The van der Waals surface area contributed by atoms with Crippen molar-refractivity contribution >= 4 is 11.6 Å². The van der Waals surface area contributed by atoms with Gasteiger partial charge < -0.3 is 9.84 Å². The molecule has 0 aliphatic rings. The van der Waals surface area contributed by atoms with E-state index in [2.05, 4.69) is 4.74 Å². The Labute approximate surface area is 114 Å². The van der Waals surface area contributed by atoms with Crippen LogP contribution in [0.3, 0.4) is 0 Å². The Morgan fingerprint density at radius 1 is 1.00 bits per heavy atom. The second-order valence-electron chi connectivity index (χ2n) is 3.91. The summed E-state index contributed by atoms with van der Waals surface area (Å²) in [7, 11) is 0. The molecule has 1 atom stereocenters. The normalized spacial score (nSPS) is 12.5. The van der Waals surface area contributed by atoms with Crippen LogP contribution in [-0.4, -0.2) is 11.7 Å². The van der Waals surface area contributed by atoms with Gasteiger partial charge in [0.1, 0.15) is 11.9 Å². The lowest BCUT2D eigenvalue weighted by Gasteiger charge is -2.13. The van der Waals surface area contributed by atoms with E-state index < -0.39 is 12.7 Å². The van der Waals surface area contributed by atoms with Crippen LogP contribution in [0.25, 0.3) is 0 Å². The second kappa shape index (κ2) is 5.99. The summed E-state index contributed by atoms with van der Waals surface area (Å²) in [5, 5.41) is 10.7. The highest BCUT2D eigenvalue weighted by Crippen LogP contribution is 2.27. The number of ether oxygens (including phenoxy) is 1. The van der Waals surface area contributed by atoms with Crippen LogP contribution in [0, 0.1) is 0 Å². The van der Waals surface area contributed by atoms with E-state index in [1.165, 1.54) is 12.1 Å². The maximum absolute atomic E-state index is 12.1. The van der Waals surface area contributed by atoms with Gasteiger partial charge in [-0.2, -0.15) is 8.78 Å². The average molecular weight is 285 g/mol. The molecule has 0 aromatic heterocycles. The Kier molecular flexibility index (Phi) is 4.35. The molecule has 0 amide bonds. The van der Waals surface area contributed by atoms with Crippen molar-refractivity contribution in [3.8, 4) is 5.75 Å². The first kappa shape index (κ1) is 13.8. The minimum absolute atomic E-state index is 0.00794. The van der Waals surface area contributed by atoms with Crippen LogP contribution in [0.2, 0.25) is 5.02 Å².